The number of nitrogens with two attached hydrogens (primary N) is 1. The minimum absolute atomic E-state index is 0.165. The zero-order valence-corrected chi connectivity index (χ0v) is 21.5. The highest BCUT2D eigenvalue weighted by Crippen LogP contribution is 2.36. The van der Waals surface area contributed by atoms with Gasteiger partial charge < -0.3 is 25.4 Å². The van der Waals surface area contributed by atoms with Crippen molar-refractivity contribution < 1.29 is 9.47 Å². The summed E-state index contributed by atoms with van der Waals surface area (Å²) in [5.74, 6) is 2.34. The van der Waals surface area contributed by atoms with Crippen LogP contribution in [0.5, 0.6) is 11.5 Å². The van der Waals surface area contributed by atoms with E-state index in [1.807, 2.05) is 48.5 Å². The lowest BCUT2D eigenvalue weighted by atomic mass is 10.0. The number of nitrogens with zero attached hydrogens (tertiary/aromatic N) is 5. The second-order valence-corrected chi connectivity index (χ2v) is 8.35. The fraction of sp³-hybridized carbons (Fsp3) is 0.286. The summed E-state index contributed by atoms with van der Waals surface area (Å²) in [5, 5.41) is 3.42. The molecule has 9 heteroatoms. The molecule has 0 unspecified atom stereocenters. The van der Waals surface area contributed by atoms with E-state index < -0.39 is 0 Å². The van der Waals surface area contributed by atoms with Crippen LogP contribution in [0, 0.1) is 0 Å². The van der Waals surface area contributed by atoms with Crippen molar-refractivity contribution in [3.05, 3.63) is 72.8 Å². The summed E-state index contributed by atoms with van der Waals surface area (Å²) in [6.07, 6.45) is 4.97. The first-order valence-corrected chi connectivity index (χ1v) is 12.4. The predicted octanol–water partition coefficient (Wildman–Crippen LogP) is 4.52. The third-order valence-electron chi connectivity index (χ3n) is 6.11. The minimum atomic E-state index is 0.165. The predicted molar refractivity (Wildman–Crippen MR) is 147 cm³/mol. The molecule has 4 aromatic rings. The molecule has 3 N–H and O–H groups in total. The van der Waals surface area contributed by atoms with Crippen LogP contribution in [0.15, 0.2) is 67.3 Å². The van der Waals surface area contributed by atoms with Gasteiger partial charge in [-0.15, -0.1) is 0 Å². The number of hydrogen-bond acceptors (Lipinski definition) is 9. The molecular formula is C28H33N7O2. The lowest BCUT2D eigenvalue weighted by Gasteiger charge is -2.18. The number of hydrogen-bond donors (Lipinski definition) is 2. The van der Waals surface area contributed by atoms with Crippen LogP contribution in [0.1, 0.15) is 19.4 Å². The molecule has 0 atom stereocenters. The summed E-state index contributed by atoms with van der Waals surface area (Å²) in [6, 6.07) is 15.7. The first kappa shape index (κ1) is 25.8. The van der Waals surface area contributed by atoms with Crippen molar-refractivity contribution in [3.63, 3.8) is 0 Å². The number of anilines is 2. The largest absolute Gasteiger partial charge is 0.496 e. The van der Waals surface area contributed by atoms with E-state index >= 15 is 0 Å². The highest BCUT2D eigenvalue weighted by molar-refractivity contribution is 5.88. The SMILES string of the molecule is CCN(CC)CCOc1ccc(-c2nc(N)nc(NCc3ccccc3OC)c2-c2cncnc2)cc1. The van der Waals surface area contributed by atoms with E-state index in [2.05, 4.69) is 44.0 Å². The van der Waals surface area contributed by atoms with Gasteiger partial charge in [0.25, 0.3) is 0 Å². The number of para-hydroxylation sites is 1. The van der Waals surface area contributed by atoms with Crippen LogP contribution in [0.2, 0.25) is 0 Å². The maximum absolute atomic E-state index is 6.17. The molecule has 2 aromatic heterocycles. The molecule has 192 valence electrons. The Morgan fingerprint density at radius 1 is 0.919 bits per heavy atom. The van der Waals surface area contributed by atoms with E-state index in [4.69, 9.17) is 15.2 Å². The van der Waals surface area contributed by atoms with Gasteiger partial charge >= 0.3 is 0 Å². The van der Waals surface area contributed by atoms with E-state index in [1.54, 1.807) is 19.5 Å². The van der Waals surface area contributed by atoms with Gasteiger partial charge in [-0.3, -0.25) is 0 Å². The van der Waals surface area contributed by atoms with Crippen LogP contribution in [0.4, 0.5) is 11.8 Å². The molecule has 0 saturated carbocycles. The monoisotopic (exact) mass is 499 g/mol. The molecule has 37 heavy (non-hydrogen) atoms. The smallest absolute Gasteiger partial charge is 0.222 e. The average Bonchev–Trinajstić information content (AvgIpc) is 2.95. The number of rotatable bonds is 12. The van der Waals surface area contributed by atoms with Gasteiger partial charge in [0.05, 0.1) is 18.4 Å². The maximum atomic E-state index is 6.17. The second kappa shape index (κ2) is 12.6. The zero-order chi connectivity index (χ0) is 26.0. The van der Waals surface area contributed by atoms with Gasteiger partial charge in [0.1, 0.15) is 30.3 Å². The first-order chi connectivity index (χ1) is 18.1. The van der Waals surface area contributed by atoms with Gasteiger partial charge in [0.15, 0.2) is 0 Å². The molecule has 0 aliphatic heterocycles. The van der Waals surface area contributed by atoms with Crippen molar-refractivity contribution in [1.29, 1.82) is 0 Å². The Morgan fingerprint density at radius 3 is 2.35 bits per heavy atom. The number of methoxy groups -OCH3 is 1. The molecule has 0 amide bonds. The molecule has 0 spiro atoms. The molecule has 2 heterocycles. The van der Waals surface area contributed by atoms with E-state index in [9.17, 15) is 0 Å². The Balaban J connectivity index is 1.64. The van der Waals surface area contributed by atoms with Crippen molar-refractivity contribution >= 4 is 11.8 Å². The maximum Gasteiger partial charge on any atom is 0.222 e. The number of nitrogens with one attached hydrogen (secondary N) is 1. The summed E-state index contributed by atoms with van der Waals surface area (Å²) < 4.78 is 11.5. The Hall–Kier alpha value is -4.24. The topological polar surface area (TPSA) is 111 Å². The molecule has 0 fully saturated rings. The number of ether oxygens (including phenoxy) is 2. The summed E-state index contributed by atoms with van der Waals surface area (Å²) in [6.45, 7) is 8.32. The Kier molecular flexibility index (Phi) is 8.83. The fourth-order valence-corrected chi connectivity index (χ4v) is 4.09. The lowest BCUT2D eigenvalue weighted by Crippen LogP contribution is -2.27. The number of benzene rings is 2. The summed E-state index contributed by atoms with van der Waals surface area (Å²) in [4.78, 5) is 19.9. The van der Waals surface area contributed by atoms with Crippen molar-refractivity contribution in [2.75, 3.05) is 44.4 Å². The van der Waals surface area contributed by atoms with E-state index in [0.29, 0.717) is 24.7 Å². The number of aromatic nitrogens is 4. The first-order valence-electron chi connectivity index (χ1n) is 12.4. The Labute approximate surface area is 217 Å². The summed E-state index contributed by atoms with van der Waals surface area (Å²) >= 11 is 0. The van der Waals surface area contributed by atoms with E-state index in [-0.39, 0.29) is 5.95 Å². The van der Waals surface area contributed by atoms with Crippen LogP contribution in [-0.2, 0) is 6.54 Å². The molecule has 0 bridgehead atoms. The van der Waals surface area contributed by atoms with Gasteiger partial charge in [-0.1, -0.05) is 32.0 Å². The quantitative estimate of drug-likeness (QED) is 0.290. The Morgan fingerprint density at radius 2 is 1.65 bits per heavy atom. The summed E-state index contributed by atoms with van der Waals surface area (Å²) in [5.41, 5.74) is 10.3. The van der Waals surface area contributed by atoms with Crippen LogP contribution in [0.3, 0.4) is 0 Å². The average molecular weight is 500 g/mol. The normalized spacial score (nSPS) is 10.9. The van der Waals surface area contributed by atoms with Crippen LogP contribution < -0.4 is 20.5 Å². The van der Waals surface area contributed by atoms with Crippen LogP contribution >= 0.6 is 0 Å². The van der Waals surface area contributed by atoms with Crippen molar-refractivity contribution in [1.82, 2.24) is 24.8 Å². The third-order valence-corrected chi connectivity index (χ3v) is 6.11. The van der Waals surface area contributed by atoms with Gasteiger partial charge in [-0.25, -0.2) is 15.0 Å². The molecule has 4 rings (SSSR count). The third kappa shape index (κ3) is 6.50. The zero-order valence-electron chi connectivity index (χ0n) is 21.5. The fourth-order valence-electron chi connectivity index (χ4n) is 4.09. The molecular weight excluding hydrogens is 466 g/mol. The number of likely N-dealkylation sites (N-methyl/N-ethyl adjacent to an activating group) is 1. The molecule has 0 aliphatic carbocycles. The van der Waals surface area contributed by atoms with Gasteiger partial charge in [0.2, 0.25) is 5.95 Å². The standard InChI is InChI=1S/C28H33N7O2/c1-4-35(5-2)14-15-37-23-12-10-20(11-13-23)26-25(22-16-30-19-31-17-22)27(34-28(29)33-26)32-18-21-8-6-7-9-24(21)36-3/h6-13,16-17,19H,4-5,14-15,18H2,1-3H3,(H3,29,32,33,34). The molecule has 0 radical (unpaired) electrons. The second-order valence-electron chi connectivity index (χ2n) is 8.35. The lowest BCUT2D eigenvalue weighted by molar-refractivity contribution is 0.223. The Bertz CT molecular complexity index is 1280. The molecule has 9 nitrogen and oxygen atoms in total. The highest BCUT2D eigenvalue weighted by Gasteiger charge is 2.18. The minimum Gasteiger partial charge on any atom is -0.496 e. The van der Waals surface area contributed by atoms with Crippen LogP contribution in [0.25, 0.3) is 22.4 Å². The molecule has 2 aromatic carbocycles. The van der Waals surface area contributed by atoms with E-state index in [1.165, 1.54) is 6.33 Å². The van der Waals surface area contributed by atoms with Gasteiger partial charge in [-0.2, -0.15) is 4.98 Å². The van der Waals surface area contributed by atoms with E-state index in [0.717, 1.165) is 53.4 Å². The van der Waals surface area contributed by atoms with Gasteiger partial charge in [0, 0.05) is 42.2 Å². The van der Waals surface area contributed by atoms with Crippen LogP contribution in [-0.4, -0.2) is 58.2 Å². The van der Waals surface area contributed by atoms with Crippen molar-refractivity contribution in [3.8, 4) is 33.9 Å². The number of nitrogen functional groups attached to an aromatic ring is 1. The molecule has 0 saturated heterocycles. The summed E-state index contributed by atoms with van der Waals surface area (Å²) in [7, 11) is 1.66. The van der Waals surface area contributed by atoms with Crippen molar-refractivity contribution in [2.45, 2.75) is 20.4 Å². The van der Waals surface area contributed by atoms with Gasteiger partial charge in [-0.05, 0) is 43.4 Å². The van der Waals surface area contributed by atoms with Crippen molar-refractivity contribution in [2.24, 2.45) is 0 Å². The molecule has 0 aliphatic rings. The highest BCUT2D eigenvalue weighted by atomic mass is 16.5.